The third-order valence-corrected chi connectivity index (χ3v) is 7.63. The van der Waals surface area contributed by atoms with Gasteiger partial charge in [0.05, 0.1) is 24.3 Å². The molecule has 0 saturated heterocycles. The van der Waals surface area contributed by atoms with E-state index in [1.165, 1.54) is 6.92 Å². The van der Waals surface area contributed by atoms with E-state index in [1.807, 2.05) is 81.4 Å². The van der Waals surface area contributed by atoms with Gasteiger partial charge in [0.15, 0.2) is 0 Å². The number of hydrogen-bond donors (Lipinski definition) is 5. The Balaban J connectivity index is 1.75. The van der Waals surface area contributed by atoms with Crippen molar-refractivity contribution in [3.63, 3.8) is 0 Å². The standard InChI is InChI=1S/C35H46N4O5/c1-23(2)21-37-34(43)32(25(4)40)36-22-31(41)30(19-26-13-8-6-9-14-26)38-33(42)28-17-12-18-29(20-28)35(44)39(5)24(3)27-15-10-7-11-16-27/h6-18,20,23-25,30-32,36,40-41H,19,21-22H2,1-5H3,(H,37,43)(H,38,42)/t24-,25+,30+,31-,32+/m1/s1. The second-order valence-electron chi connectivity index (χ2n) is 11.7. The van der Waals surface area contributed by atoms with Gasteiger partial charge in [-0.25, -0.2) is 0 Å². The molecule has 0 aliphatic heterocycles. The normalized spacial score (nSPS) is 14.6. The lowest BCUT2D eigenvalue weighted by Gasteiger charge is -2.28. The van der Waals surface area contributed by atoms with Crippen LogP contribution in [0.25, 0.3) is 0 Å². The molecule has 236 valence electrons. The molecule has 5 atom stereocenters. The van der Waals surface area contributed by atoms with Crippen LogP contribution in [0, 0.1) is 5.92 Å². The molecule has 3 aromatic rings. The number of nitrogens with zero attached hydrogens (tertiary/aromatic N) is 1. The molecule has 9 nitrogen and oxygen atoms in total. The second kappa shape index (κ2) is 16.7. The molecule has 0 radical (unpaired) electrons. The zero-order chi connectivity index (χ0) is 32.2. The van der Waals surface area contributed by atoms with Gasteiger partial charge < -0.3 is 31.1 Å². The quantitative estimate of drug-likeness (QED) is 0.181. The van der Waals surface area contributed by atoms with E-state index < -0.39 is 30.2 Å². The number of carbonyl (C=O) groups excluding carboxylic acids is 3. The van der Waals surface area contributed by atoms with E-state index in [4.69, 9.17) is 0 Å². The minimum Gasteiger partial charge on any atom is -0.391 e. The largest absolute Gasteiger partial charge is 0.391 e. The lowest BCUT2D eigenvalue weighted by atomic mass is 9.99. The Bertz CT molecular complexity index is 1350. The fourth-order valence-corrected chi connectivity index (χ4v) is 4.82. The number of amides is 3. The average Bonchev–Trinajstić information content (AvgIpc) is 3.03. The molecular formula is C35H46N4O5. The van der Waals surface area contributed by atoms with Crippen molar-refractivity contribution in [3.8, 4) is 0 Å². The van der Waals surface area contributed by atoms with Crippen LogP contribution < -0.4 is 16.0 Å². The zero-order valence-electron chi connectivity index (χ0n) is 26.2. The molecule has 3 aromatic carbocycles. The summed E-state index contributed by atoms with van der Waals surface area (Å²) in [5, 5.41) is 30.2. The maximum Gasteiger partial charge on any atom is 0.254 e. The first kappa shape index (κ1) is 34.4. The number of rotatable bonds is 15. The highest BCUT2D eigenvalue weighted by atomic mass is 16.3. The Morgan fingerprint density at radius 3 is 2.02 bits per heavy atom. The highest BCUT2D eigenvalue weighted by Gasteiger charge is 2.28. The number of hydrogen-bond acceptors (Lipinski definition) is 6. The van der Waals surface area contributed by atoms with Gasteiger partial charge in [-0.15, -0.1) is 0 Å². The van der Waals surface area contributed by atoms with Crippen LogP contribution in [0.2, 0.25) is 0 Å². The predicted octanol–water partition coefficient (Wildman–Crippen LogP) is 3.33. The van der Waals surface area contributed by atoms with Gasteiger partial charge in [0.2, 0.25) is 5.91 Å². The molecule has 9 heteroatoms. The lowest BCUT2D eigenvalue weighted by Crippen LogP contribution is -2.55. The molecule has 5 N–H and O–H groups in total. The maximum absolute atomic E-state index is 13.5. The summed E-state index contributed by atoms with van der Waals surface area (Å²) < 4.78 is 0. The third-order valence-electron chi connectivity index (χ3n) is 7.63. The van der Waals surface area contributed by atoms with Crippen molar-refractivity contribution in [1.29, 1.82) is 0 Å². The van der Waals surface area contributed by atoms with Crippen molar-refractivity contribution in [2.75, 3.05) is 20.1 Å². The summed E-state index contributed by atoms with van der Waals surface area (Å²) in [6.07, 6.45) is -1.77. The van der Waals surface area contributed by atoms with E-state index in [9.17, 15) is 24.6 Å². The maximum atomic E-state index is 13.5. The Labute approximate surface area is 260 Å². The zero-order valence-corrected chi connectivity index (χ0v) is 26.2. The minimum atomic E-state index is -1.10. The van der Waals surface area contributed by atoms with Crippen molar-refractivity contribution < 1.29 is 24.6 Å². The molecule has 3 rings (SSSR count). The number of benzene rings is 3. The van der Waals surface area contributed by atoms with Gasteiger partial charge in [0, 0.05) is 31.3 Å². The smallest absolute Gasteiger partial charge is 0.254 e. The molecular weight excluding hydrogens is 556 g/mol. The van der Waals surface area contributed by atoms with Crippen LogP contribution >= 0.6 is 0 Å². The molecule has 0 saturated carbocycles. The van der Waals surface area contributed by atoms with Gasteiger partial charge in [0.25, 0.3) is 11.8 Å². The molecule has 0 aliphatic carbocycles. The molecule has 44 heavy (non-hydrogen) atoms. The highest BCUT2D eigenvalue weighted by molar-refractivity contribution is 5.99. The molecule has 0 bridgehead atoms. The van der Waals surface area contributed by atoms with Gasteiger partial charge in [-0.3, -0.25) is 14.4 Å². The summed E-state index contributed by atoms with van der Waals surface area (Å²) in [4.78, 5) is 41.1. The SMILES string of the molecule is CC(C)CNC(=O)[C@@H](NC[C@@H](O)[C@H](Cc1ccccc1)NC(=O)c1cccc(C(=O)N(C)[C@H](C)c2ccccc2)c1)[C@H](C)O. The van der Waals surface area contributed by atoms with E-state index in [2.05, 4.69) is 16.0 Å². The van der Waals surface area contributed by atoms with Crippen LogP contribution in [0.4, 0.5) is 0 Å². The van der Waals surface area contributed by atoms with E-state index in [-0.39, 0.29) is 35.9 Å². The molecule has 0 fully saturated rings. The lowest BCUT2D eigenvalue weighted by molar-refractivity contribution is -0.125. The summed E-state index contributed by atoms with van der Waals surface area (Å²) in [5.74, 6) is -0.787. The molecule has 0 unspecified atom stereocenters. The first-order valence-electron chi connectivity index (χ1n) is 15.1. The minimum absolute atomic E-state index is 0.0524. The summed E-state index contributed by atoms with van der Waals surface area (Å²) in [6, 6.07) is 23.8. The van der Waals surface area contributed by atoms with Crippen LogP contribution in [-0.4, -0.2) is 77.3 Å². The molecule has 0 heterocycles. The topological polar surface area (TPSA) is 131 Å². The van der Waals surface area contributed by atoms with Gasteiger partial charge in [-0.2, -0.15) is 0 Å². The van der Waals surface area contributed by atoms with Gasteiger partial charge in [0.1, 0.15) is 6.04 Å². The Kier molecular flexibility index (Phi) is 13.1. The van der Waals surface area contributed by atoms with Crippen LogP contribution in [-0.2, 0) is 11.2 Å². The summed E-state index contributed by atoms with van der Waals surface area (Å²) >= 11 is 0. The summed E-state index contributed by atoms with van der Waals surface area (Å²) in [5.41, 5.74) is 2.56. The van der Waals surface area contributed by atoms with Crippen molar-refractivity contribution in [2.24, 2.45) is 5.92 Å². The van der Waals surface area contributed by atoms with E-state index in [0.29, 0.717) is 18.5 Å². The number of aliphatic hydroxyl groups excluding tert-OH is 2. The predicted molar refractivity (Wildman–Crippen MR) is 172 cm³/mol. The van der Waals surface area contributed by atoms with Gasteiger partial charge in [-0.05, 0) is 55.5 Å². The van der Waals surface area contributed by atoms with E-state index in [0.717, 1.165) is 11.1 Å². The van der Waals surface area contributed by atoms with Crippen LogP contribution in [0.15, 0.2) is 84.9 Å². The van der Waals surface area contributed by atoms with Crippen molar-refractivity contribution in [2.45, 2.75) is 64.4 Å². The average molecular weight is 603 g/mol. The Morgan fingerprint density at radius 2 is 1.41 bits per heavy atom. The van der Waals surface area contributed by atoms with Crippen LogP contribution in [0.1, 0.15) is 65.6 Å². The first-order chi connectivity index (χ1) is 21.0. The fraction of sp³-hybridized carbons (Fsp3) is 0.400. The van der Waals surface area contributed by atoms with E-state index in [1.54, 1.807) is 36.2 Å². The number of carbonyl (C=O) groups is 3. The summed E-state index contributed by atoms with van der Waals surface area (Å²) in [7, 11) is 1.73. The van der Waals surface area contributed by atoms with Crippen molar-refractivity contribution in [3.05, 3.63) is 107 Å². The Morgan fingerprint density at radius 1 is 0.795 bits per heavy atom. The van der Waals surface area contributed by atoms with E-state index >= 15 is 0 Å². The Hall–Kier alpha value is -4.05. The van der Waals surface area contributed by atoms with Crippen LogP contribution in [0.3, 0.4) is 0 Å². The third kappa shape index (κ3) is 10.0. The second-order valence-corrected chi connectivity index (χ2v) is 11.7. The molecule has 3 amide bonds. The van der Waals surface area contributed by atoms with Gasteiger partial charge in [-0.1, -0.05) is 80.6 Å². The number of aliphatic hydroxyl groups is 2. The van der Waals surface area contributed by atoms with Crippen LogP contribution in [0.5, 0.6) is 0 Å². The van der Waals surface area contributed by atoms with Crippen molar-refractivity contribution >= 4 is 17.7 Å². The van der Waals surface area contributed by atoms with Gasteiger partial charge >= 0.3 is 0 Å². The highest BCUT2D eigenvalue weighted by Crippen LogP contribution is 2.21. The molecule has 0 aliphatic rings. The summed E-state index contributed by atoms with van der Waals surface area (Å²) in [6.45, 7) is 7.81. The number of nitrogens with one attached hydrogen (secondary N) is 3. The monoisotopic (exact) mass is 602 g/mol. The fourth-order valence-electron chi connectivity index (χ4n) is 4.82. The van der Waals surface area contributed by atoms with Crippen molar-refractivity contribution in [1.82, 2.24) is 20.9 Å². The first-order valence-corrected chi connectivity index (χ1v) is 15.1. The molecule has 0 aromatic heterocycles. The molecule has 0 spiro atoms.